The predicted octanol–water partition coefficient (Wildman–Crippen LogP) is 3.28. The van der Waals surface area contributed by atoms with Crippen molar-refractivity contribution in [2.75, 3.05) is 32.8 Å². The van der Waals surface area contributed by atoms with E-state index in [1.165, 1.54) is 0 Å². The fraction of sp³-hybridized carbons (Fsp3) is 0.889. The van der Waals surface area contributed by atoms with Gasteiger partial charge in [-0.2, -0.15) is 0 Å². The van der Waals surface area contributed by atoms with Gasteiger partial charge in [-0.3, -0.25) is 4.99 Å². The van der Waals surface area contributed by atoms with Crippen LogP contribution in [0.4, 0.5) is 4.79 Å². The van der Waals surface area contributed by atoms with Crippen molar-refractivity contribution in [2.45, 2.75) is 72.4 Å². The second-order valence-electron chi connectivity index (χ2n) is 6.93. The number of halogens is 1. The van der Waals surface area contributed by atoms with E-state index in [1.807, 2.05) is 48.5 Å². The number of guanidine groups is 1. The maximum Gasteiger partial charge on any atom is 0.408 e. The zero-order chi connectivity index (χ0) is 19.3. The van der Waals surface area contributed by atoms with Crippen LogP contribution in [0.25, 0.3) is 0 Å². The average molecular weight is 486 g/mol. The molecule has 0 spiro atoms. The van der Waals surface area contributed by atoms with E-state index in [4.69, 9.17) is 9.47 Å². The second-order valence-corrected chi connectivity index (χ2v) is 6.93. The Morgan fingerprint density at radius 1 is 1.04 bits per heavy atom. The Morgan fingerprint density at radius 2 is 1.65 bits per heavy atom. The molecule has 0 saturated heterocycles. The maximum atomic E-state index is 12.2. The molecule has 0 aromatic rings. The quantitative estimate of drug-likeness (QED) is 0.191. The van der Waals surface area contributed by atoms with Crippen molar-refractivity contribution in [1.82, 2.24) is 16.0 Å². The number of carbonyl (C=O) groups excluding carboxylic acids is 1. The Labute approximate surface area is 176 Å². The summed E-state index contributed by atoms with van der Waals surface area (Å²) in [6, 6.07) is 0. The van der Waals surface area contributed by atoms with Gasteiger partial charge in [0.15, 0.2) is 5.96 Å². The van der Waals surface area contributed by atoms with Crippen LogP contribution in [-0.4, -0.2) is 56.0 Å². The summed E-state index contributed by atoms with van der Waals surface area (Å²) in [6.07, 6.45) is 1.13. The highest BCUT2D eigenvalue weighted by molar-refractivity contribution is 14.0. The number of alkyl carbamates (subject to hydrolysis) is 1. The highest BCUT2D eigenvalue weighted by Gasteiger charge is 2.30. The largest absolute Gasteiger partial charge is 0.444 e. The van der Waals surface area contributed by atoms with Crippen molar-refractivity contribution < 1.29 is 14.3 Å². The van der Waals surface area contributed by atoms with Gasteiger partial charge in [0.2, 0.25) is 0 Å². The van der Waals surface area contributed by atoms with Gasteiger partial charge in [-0.25, -0.2) is 4.79 Å². The highest BCUT2D eigenvalue weighted by Crippen LogP contribution is 2.17. The Morgan fingerprint density at radius 3 is 2.12 bits per heavy atom. The van der Waals surface area contributed by atoms with Crippen molar-refractivity contribution in [2.24, 2.45) is 4.99 Å². The summed E-state index contributed by atoms with van der Waals surface area (Å²) in [4.78, 5) is 16.8. The lowest BCUT2D eigenvalue weighted by Crippen LogP contribution is -2.52. The van der Waals surface area contributed by atoms with E-state index >= 15 is 0 Å². The minimum atomic E-state index is -0.518. The summed E-state index contributed by atoms with van der Waals surface area (Å²) in [5.41, 5.74) is -0.944. The van der Waals surface area contributed by atoms with E-state index in [1.54, 1.807) is 0 Å². The van der Waals surface area contributed by atoms with Gasteiger partial charge < -0.3 is 25.4 Å². The highest BCUT2D eigenvalue weighted by atomic mass is 127. The van der Waals surface area contributed by atoms with Crippen LogP contribution in [0.5, 0.6) is 0 Å². The zero-order valence-corrected chi connectivity index (χ0v) is 19.9. The molecule has 0 aromatic carbocycles. The first-order valence-corrected chi connectivity index (χ1v) is 9.33. The van der Waals surface area contributed by atoms with Gasteiger partial charge in [-0.05, 0) is 47.5 Å². The van der Waals surface area contributed by atoms with Crippen molar-refractivity contribution in [3.8, 4) is 0 Å². The standard InChI is InChI=1S/C18H38N4O3.HI/c1-8-18(9-2,22-16(23)25-17(5,6)7)14-21-15(19-10-3)20-12-13-24-11-4;/h8-14H2,1-7H3,(H,22,23)(H2,19,20,21);1H. The monoisotopic (exact) mass is 486 g/mol. The Kier molecular flexibility index (Phi) is 15.1. The third kappa shape index (κ3) is 12.6. The molecule has 0 unspecified atom stereocenters. The number of hydrogen-bond acceptors (Lipinski definition) is 4. The Bertz CT molecular complexity index is 408. The van der Waals surface area contributed by atoms with E-state index < -0.39 is 17.2 Å². The van der Waals surface area contributed by atoms with Crippen LogP contribution >= 0.6 is 24.0 Å². The first-order valence-electron chi connectivity index (χ1n) is 9.33. The fourth-order valence-electron chi connectivity index (χ4n) is 2.17. The number of amides is 1. The lowest BCUT2D eigenvalue weighted by molar-refractivity contribution is 0.0452. The van der Waals surface area contributed by atoms with Crippen LogP contribution in [0, 0.1) is 0 Å². The summed E-state index contributed by atoms with van der Waals surface area (Å²) in [6.45, 7) is 16.9. The van der Waals surface area contributed by atoms with Crippen LogP contribution in [0.2, 0.25) is 0 Å². The van der Waals surface area contributed by atoms with E-state index in [-0.39, 0.29) is 24.0 Å². The lowest BCUT2D eigenvalue weighted by atomic mass is 9.93. The van der Waals surface area contributed by atoms with E-state index in [0.29, 0.717) is 26.3 Å². The molecule has 156 valence electrons. The van der Waals surface area contributed by atoms with Crippen molar-refractivity contribution in [3.05, 3.63) is 0 Å². The molecule has 26 heavy (non-hydrogen) atoms. The third-order valence-corrected chi connectivity index (χ3v) is 3.75. The molecule has 3 N–H and O–H groups in total. The minimum absolute atomic E-state index is 0. The molecule has 0 aliphatic rings. The molecule has 0 aliphatic heterocycles. The van der Waals surface area contributed by atoms with E-state index in [9.17, 15) is 4.79 Å². The molecule has 0 aromatic heterocycles. The number of nitrogens with zero attached hydrogens (tertiary/aromatic N) is 1. The molecule has 8 heteroatoms. The van der Waals surface area contributed by atoms with Crippen LogP contribution in [0.3, 0.4) is 0 Å². The molecule has 0 rings (SSSR count). The molecule has 0 bridgehead atoms. The molecular weight excluding hydrogens is 447 g/mol. The van der Waals surface area contributed by atoms with Crippen molar-refractivity contribution in [3.63, 3.8) is 0 Å². The smallest absolute Gasteiger partial charge is 0.408 e. The number of hydrogen-bond donors (Lipinski definition) is 3. The molecule has 0 atom stereocenters. The number of rotatable bonds is 10. The maximum absolute atomic E-state index is 12.2. The van der Waals surface area contributed by atoms with Gasteiger partial charge in [-0.15, -0.1) is 24.0 Å². The molecule has 0 heterocycles. The van der Waals surface area contributed by atoms with Gasteiger partial charge in [-0.1, -0.05) is 13.8 Å². The second kappa shape index (κ2) is 14.3. The average Bonchev–Trinajstić information content (AvgIpc) is 2.53. The fourth-order valence-corrected chi connectivity index (χ4v) is 2.17. The van der Waals surface area contributed by atoms with Gasteiger partial charge in [0, 0.05) is 19.7 Å². The molecule has 0 aliphatic carbocycles. The number of ether oxygens (including phenoxy) is 2. The molecular formula is C18H39IN4O3. The minimum Gasteiger partial charge on any atom is -0.444 e. The summed E-state index contributed by atoms with van der Waals surface area (Å²) in [5.74, 6) is 0.722. The van der Waals surface area contributed by atoms with Crippen molar-refractivity contribution in [1.29, 1.82) is 0 Å². The predicted molar refractivity (Wildman–Crippen MR) is 119 cm³/mol. The topological polar surface area (TPSA) is 84.0 Å². The van der Waals surface area contributed by atoms with Gasteiger partial charge in [0.25, 0.3) is 0 Å². The number of carbonyl (C=O) groups is 1. The zero-order valence-electron chi connectivity index (χ0n) is 17.5. The molecule has 0 fully saturated rings. The first-order chi connectivity index (χ1) is 11.7. The van der Waals surface area contributed by atoms with Crippen LogP contribution in [0.1, 0.15) is 61.3 Å². The molecule has 7 nitrogen and oxygen atoms in total. The Hall–Kier alpha value is -0.770. The summed E-state index contributed by atoms with van der Waals surface area (Å²) < 4.78 is 10.7. The SMILES string of the molecule is CCNC(=NCC(CC)(CC)NC(=O)OC(C)(C)C)NCCOCC.I. The first kappa shape index (κ1) is 27.4. The van der Waals surface area contributed by atoms with Gasteiger partial charge in [0.1, 0.15) is 5.60 Å². The van der Waals surface area contributed by atoms with Crippen LogP contribution in [0.15, 0.2) is 4.99 Å². The molecule has 0 radical (unpaired) electrons. The third-order valence-electron chi connectivity index (χ3n) is 3.75. The normalized spacial score (nSPS) is 12.2. The molecule has 0 saturated carbocycles. The van der Waals surface area contributed by atoms with Gasteiger partial charge in [0.05, 0.1) is 18.7 Å². The van der Waals surface area contributed by atoms with E-state index in [0.717, 1.165) is 25.3 Å². The number of nitrogens with one attached hydrogen (secondary N) is 3. The van der Waals surface area contributed by atoms with Crippen molar-refractivity contribution >= 4 is 36.0 Å². The van der Waals surface area contributed by atoms with E-state index in [2.05, 4.69) is 20.9 Å². The van der Waals surface area contributed by atoms with Gasteiger partial charge >= 0.3 is 6.09 Å². The molecule has 1 amide bonds. The summed E-state index contributed by atoms with van der Waals surface area (Å²) in [7, 11) is 0. The Balaban J connectivity index is 0. The summed E-state index contributed by atoms with van der Waals surface area (Å²) in [5, 5.41) is 9.46. The summed E-state index contributed by atoms with van der Waals surface area (Å²) >= 11 is 0. The number of aliphatic imine (C=N–C) groups is 1. The lowest BCUT2D eigenvalue weighted by Gasteiger charge is -2.32. The van der Waals surface area contributed by atoms with Crippen LogP contribution in [-0.2, 0) is 9.47 Å². The van der Waals surface area contributed by atoms with Crippen LogP contribution < -0.4 is 16.0 Å².